The van der Waals surface area contributed by atoms with Crippen LogP contribution in [0.25, 0.3) is 0 Å². The molecule has 2 aliphatic rings. The van der Waals surface area contributed by atoms with Crippen molar-refractivity contribution < 1.29 is 9.59 Å². The van der Waals surface area contributed by atoms with Gasteiger partial charge in [-0.15, -0.1) is 0 Å². The van der Waals surface area contributed by atoms with Crippen LogP contribution in [-0.4, -0.2) is 22.6 Å². The molecule has 1 heterocycles. The van der Waals surface area contributed by atoms with E-state index < -0.39 is 0 Å². The van der Waals surface area contributed by atoms with E-state index in [2.05, 4.69) is 12.1 Å². The molecule has 0 unspecified atom stereocenters. The minimum atomic E-state index is -0.383. The van der Waals surface area contributed by atoms with Crippen LogP contribution >= 0.6 is 0 Å². The number of carbonyl (C=O) groups excluding carboxylic acids is 2. The smallest absolute Gasteiger partial charge is 0.246 e. The maximum absolute atomic E-state index is 12.7. The third-order valence-electron chi connectivity index (χ3n) is 6.34. The molecule has 1 saturated carbocycles. The Labute approximate surface area is 169 Å². The number of nitrogens with two attached hydrogens (primary N) is 1. The summed E-state index contributed by atoms with van der Waals surface area (Å²) in [6, 6.07) is 7.83. The molecule has 0 saturated heterocycles. The van der Waals surface area contributed by atoms with E-state index in [-0.39, 0.29) is 23.7 Å². The molecule has 0 aromatic heterocycles. The maximum Gasteiger partial charge on any atom is 0.246 e. The van der Waals surface area contributed by atoms with E-state index in [0.717, 1.165) is 6.42 Å². The summed E-state index contributed by atoms with van der Waals surface area (Å²) in [5.74, 6) is 0.938. The molecular weight excluding hydrogens is 348 g/mol. The number of Topliss-reactive ketones (excluding diaryl/α,β-unsaturated/α-hetero) is 1. The van der Waals surface area contributed by atoms with Crippen molar-refractivity contribution in [3.63, 3.8) is 0 Å². The van der Waals surface area contributed by atoms with Crippen LogP contribution in [0.5, 0.6) is 0 Å². The average Bonchev–Trinajstić information content (AvgIpc) is 3.16. The molecule has 2 atom stereocenters. The van der Waals surface area contributed by atoms with Crippen molar-refractivity contribution in [2.45, 2.75) is 77.4 Å². The van der Waals surface area contributed by atoms with Crippen LogP contribution in [0.15, 0.2) is 36.4 Å². The molecule has 0 spiro atoms. The summed E-state index contributed by atoms with van der Waals surface area (Å²) in [5.41, 5.74) is 8.41. The zero-order chi connectivity index (χ0) is 19.9. The first-order valence-corrected chi connectivity index (χ1v) is 10.9. The Morgan fingerprint density at radius 1 is 1.14 bits per heavy atom. The number of hydrogen-bond donors (Lipinski definition) is 1. The molecule has 3 rings (SSSR count). The van der Waals surface area contributed by atoms with Crippen molar-refractivity contribution in [3.05, 3.63) is 47.5 Å². The highest BCUT2D eigenvalue weighted by molar-refractivity contribution is 5.88. The highest BCUT2D eigenvalue weighted by Crippen LogP contribution is 2.31. The number of fused-ring (bicyclic) bond motifs is 1. The van der Waals surface area contributed by atoms with Crippen LogP contribution in [0.3, 0.4) is 0 Å². The highest BCUT2D eigenvalue weighted by Gasteiger charge is 2.24. The molecule has 152 valence electrons. The first kappa shape index (κ1) is 20.8. The summed E-state index contributed by atoms with van der Waals surface area (Å²) >= 11 is 0. The van der Waals surface area contributed by atoms with Crippen molar-refractivity contribution in [2.75, 3.05) is 0 Å². The monoisotopic (exact) mass is 382 g/mol. The summed E-state index contributed by atoms with van der Waals surface area (Å²) in [4.78, 5) is 27.0. The molecular formula is C24H34N2O2. The maximum atomic E-state index is 12.7. The molecule has 1 fully saturated rings. The quantitative estimate of drug-likeness (QED) is 0.679. The summed E-state index contributed by atoms with van der Waals surface area (Å²) in [6.07, 6.45) is 12.2. The molecule has 0 bridgehead atoms. The molecule has 1 aromatic rings. The van der Waals surface area contributed by atoms with Gasteiger partial charge in [-0.1, -0.05) is 69.4 Å². The van der Waals surface area contributed by atoms with Gasteiger partial charge in [0.2, 0.25) is 5.91 Å². The standard InChI is InChI=1S/C24H34N2O2/c1-2-22(25)23(27)15-19(14-18-8-4-3-5-9-18)12-13-24(28)26-16-20-10-6-7-11-21(20)17-26/h6-7,10-13,18-19,22H,2-5,8-9,14-17,25H2,1H3/b13-12+/t19-,22+/m1/s1. The second-order valence-corrected chi connectivity index (χ2v) is 8.51. The molecule has 1 aliphatic heterocycles. The van der Waals surface area contributed by atoms with E-state index in [1.807, 2.05) is 30.0 Å². The predicted molar refractivity (Wildman–Crippen MR) is 112 cm³/mol. The summed E-state index contributed by atoms with van der Waals surface area (Å²) < 4.78 is 0. The van der Waals surface area contributed by atoms with E-state index in [9.17, 15) is 9.59 Å². The fraction of sp³-hybridized carbons (Fsp3) is 0.583. The largest absolute Gasteiger partial charge is 0.330 e. The lowest BCUT2D eigenvalue weighted by Gasteiger charge is -2.25. The average molecular weight is 383 g/mol. The van der Waals surface area contributed by atoms with Gasteiger partial charge in [-0.25, -0.2) is 0 Å². The lowest BCUT2D eigenvalue weighted by Crippen LogP contribution is -2.31. The first-order chi connectivity index (χ1) is 13.6. The number of allylic oxidation sites excluding steroid dienone is 1. The Balaban J connectivity index is 1.62. The Hall–Kier alpha value is -1.94. The van der Waals surface area contributed by atoms with Gasteiger partial charge in [-0.05, 0) is 41.9 Å². The molecule has 1 aromatic carbocycles. The van der Waals surface area contributed by atoms with Gasteiger partial charge in [0.1, 0.15) is 5.78 Å². The third-order valence-corrected chi connectivity index (χ3v) is 6.34. The van der Waals surface area contributed by atoms with Gasteiger partial charge >= 0.3 is 0 Å². The van der Waals surface area contributed by atoms with E-state index in [1.54, 1.807) is 6.08 Å². The first-order valence-electron chi connectivity index (χ1n) is 10.9. The van der Waals surface area contributed by atoms with Crippen LogP contribution in [0.2, 0.25) is 0 Å². The normalized spacial score (nSPS) is 19.6. The molecule has 1 aliphatic carbocycles. The van der Waals surface area contributed by atoms with Gasteiger partial charge in [0, 0.05) is 19.5 Å². The van der Waals surface area contributed by atoms with Crippen LogP contribution in [-0.2, 0) is 22.7 Å². The molecule has 4 nitrogen and oxygen atoms in total. The van der Waals surface area contributed by atoms with Gasteiger partial charge in [0.05, 0.1) is 6.04 Å². The summed E-state index contributed by atoms with van der Waals surface area (Å²) in [5, 5.41) is 0. The summed E-state index contributed by atoms with van der Waals surface area (Å²) in [7, 11) is 0. The fourth-order valence-electron chi connectivity index (χ4n) is 4.53. The van der Waals surface area contributed by atoms with Crippen LogP contribution in [0, 0.1) is 11.8 Å². The number of carbonyl (C=O) groups is 2. The van der Waals surface area contributed by atoms with Crippen molar-refractivity contribution in [2.24, 2.45) is 17.6 Å². The minimum Gasteiger partial charge on any atom is -0.330 e. The van der Waals surface area contributed by atoms with Crippen molar-refractivity contribution in [3.8, 4) is 0 Å². The predicted octanol–water partition coefficient (Wildman–Crippen LogP) is 4.37. The minimum absolute atomic E-state index is 0.0390. The fourth-order valence-corrected chi connectivity index (χ4v) is 4.53. The Morgan fingerprint density at radius 3 is 2.39 bits per heavy atom. The van der Waals surface area contributed by atoms with Gasteiger partial charge in [0.15, 0.2) is 0 Å². The van der Waals surface area contributed by atoms with Gasteiger partial charge in [-0.2, -0.15) is 0 Å². The van der Waals surface area contributed by atoms with Gasteiger partial charge in [0.25, 0.3) is 0 Å². The van der Waals surface area contributed by atoms with Gasteiger partial charge < -0.3 is 10.6 Å². The molecule has 4 heteroatoms. The lowest BCUT2D eigenvalue weighted by atomic mass is 9.80. The zero-order valence-electron chi connectivity index (χ0n) is 17.1. The number of nitrogens with zero attached hydrogens (tertiary/aromatic N) is 1. The Bertz CT molecular complexity index is 681. The van der Waals surface area contributed by atoms with Crippen molar-refractivity contribution in [1.82, 2.24) is 4.90 Å². The van der Waals surface area contributed by atoms with Crippen LogP contribution in [0.1, 0.15) is 69.4 Å². The topological polar surface area (TPSA) is 63.4 Å². The summed E-state index contributed by atoms with van der Waals surface area (Å²) in [6.45, 7) is 3.29. The number of hydrogen-bond acceptors (Lipinski definition) is 3. The zero-order valence-corrected chi connectivity index (χ0v) is 17.1. The second kappa shape index (κ2) is 10.0. The van der Waals surface area contributed by atoms with Crippen LogP contribution < -0.4 is 5.73 Å². The lowest BCUT2D eigenvalue weighted by molar-refractivity contribution is -0.126. The third kappa shape index (κ3) is 5.54. The van der Waals surface area contributed by atoms with Crippen LogP contribution in [0.4, 0.5) is 0 Å². The second-order valence-electron chi connectivity index (χ2n) is 8.51. The van der Waals surface area contributed by atoms with Crippen molar-refractivity contribution >= 4 is 11.7 Å². The highest BCUT2D eigenvalue weighted by atomic mass is 16.2. The van der Waals surface area contributed by atoms with E-state index >= 15 is 0 Å². The molecule has 0 radical (unpaired) electrons. The van der Waals surface area contributed by atoms with Crippen molar-refractivity contribution in [1.29, 1.82) is 0 Å². The van der Waals surface area contributed by atoms with E-state index in [0.29, 0.717) is 31.8 Å². The SMILES string of the molecule is CC[C@H](N)C(=O)C[C@H](/C=C/C(=O)N1Cc2ccccc2C1)CC1CCCCC1. The Kier molecular flexibility index (Phi) is 7.43. The number of benzene rings is 1. The van der Waals surface area contributed by atoms with E-state index in [1.165, 1.54) is 43.2 Å². The molecule has 2 N–H and O–H groups in total. The molecule has 28 heavy (non-hydrogen) atoms. The molecule has 1 amide bonds. The van der Waals surface area contributed by atoms with Gasteiger partial charge in [-0.3, -0.25) is 9.59 Å². The Morgan fingerprint density at radius 2 is 1.79 bits per heavy atom. The number of amides is 1. The number of rotatable bonds is 8. The van der Waals surface area contributed by atoms with E-state index in [4.69, 9.17) is 5.73 Å². The number of ketones is 1.